The Bertz CT molecular complexity index is 689. The van der Waals surface area contributed by atoms with Gasteiger partial charge in [-0.25, -0.2) is 0 Å². The zero-order chi connectivity index (χ0) is 19.1. The number of thioether (sulfide) groups is 1. The molecule has 1 aromatic rings. The summed E-state index contributed by atoms with van der Waals surface area (Å²) in [4.78, 5) is 13.3. The van der Waals surface area contributed by atoms with Gasteiger partial charge in [-0.15, -0.1) is 10.2 Å². The molecule has 5 aliphatic carbocycles. The van der Waals surface area contributed by atoms with Crippen LogP contribution >= 0.6 is 11.8 Å². The molecular weight excluding hydrogens is 368 g/mol. The van der Waals surface area contributed by atoms with Crippen LogP contribution in [0.1, 0.15) is 89.4 Å². The summed E-state index contributed by atoms with van der Waals surface area (Å²) in [5.74, 6) is 4.67. The summed E-state index contributed by atoms with van der Waals surface area (Å²) in [6.45, 7) is 2.70. The van der Waals surface area contributed by atoms with E-state index in [0.717, 1.165) is 53.7 Å². The van der Waals surface area contributed by atoms with Crippen LogP contribution in [0.3, 0.4) is 0 Å². The van der Waals surface area contributed by atoms with Crippen molar-refractivity contribution < 1.29 is 4.79 Å². The van der Waals surface area contributed by atoms with Gasteiger partial charge >= 0.3 is 0 Å². The molecule has 5 nitrogen and oxygen atoms in total. The first kappa shape index (κ1) is 19.0. The fraction of sp³-hybridized carbons (Fsp3) is 0.864. The Morgan fingerprint density at radius 2 is 1.71 bits per heavy atom. The van der Waals surface area contributed by atoms with Gasteiger partial charge in [0.1, 0.15) is 0 Å². The van der Waals surface area contributed by atoms with Crippen LogP contribution in [0.5, 0.6) is 0 Å². The second-order valence-corrected chi connectivity index (χ2v) is 11.1. The SMILES string of the molecule is CCSc1nnc(CNC(=O)C23CC4CC(CC(C4)C2)C3)n1C1CCCCC1. The minimum absolute atomic E-state index is 0.0779. The molecule has 6 heteroatoms. The highest BCUT2D eigenvalue weighted by Gasteiger charge is 2.54. The zero-order valence-electron chi connectivity index (χ0n) is 17.2. The largest absolute Gasteiger partial charge is 0.348 e. The van der Waals surface area contributed by atoms with Crippen molar-refractivity contribution in [1.29, 1.82) is 0 Å². The average molecular weight is 403 g/mol. The maximum absolute atomic E-state index is 13.3. The van der Waals surface area contributed by atoms with E-state index in [9.17, 15) is 4.79 Å². The van der Waals surface area contributed by atoms with E-state index in [1.165, 1.54) is 51.4 Å². The first-order valence-corrected chi connectivity index (χ1v) is 12.5. The van der Waals surface area contributed by atoms with Gasteiger partial charge in [0.15, 0.2) is 11.0 Å². The molecule has 0 unspecified atom stereocenters. The minimum atomic E-state index is -0.0779. The molecule has 0 aromatic carbocycles. The van der Waals surface area contributed by atoms with Gasteiger partial charge < -0.3 is 9.88 Å². The third-order valence-electron chi connectivity index (χ3n) is 7.88. The standard InChI is InChI=1S/C22H34N4OS/c1-2-28-21-25-24-19(26(21)18-6-4-3-5-7-18)14-23-20(27)22-11-15-8-16(12-22)10-17(9-15)13-22/h15-18H,2-14H2,1H3,(H,23,27). The van der Waals surface area contributed by atoms with Crippen LogP contribution in [0.15, 0.2) is 5.16 Å². The smallest absolute Gasteiger partial charge is 0.226 e. The normalized spacial score (nSPS) is 34.7. The average Bonchev–Trinajstić information content (AvgIpc) is 3.08. The lowest BCUT2D eigenvalue weighted by atomic mass is 9.49. The van der Waals surface area contributed by atoms with Crippen molar-refractivity contribution in [2.75, 3.05) is 5.75 Å². The Balaban J connectivity index is 1.30. The number of amides is 1. The lowest BCUT2D eigenvalue weighted by Crippen LogP contribution is -2.53. The van der Waals surface area contributed by atoms with Crippen molar-refractivity contribution in [3.05, 3.63) is 5.82 Å². The second-order valence-electron chi connectivity index (χ2n) is 9.87. The molecule has 0 atom stereocenters. The predicted octanol–water partition coefficient (Wildman–Crippen LogP) is 4.73. The minimum Gasteiger partial charge on any atom is -0.348 e. The van der Waals surface area contributed by atoms with E-state index < -0.39 is 0 Å². The van der Waals surface area contributed by atoms with Crippen molar-refractivity contribution in [3.8, 4) is 0 Å². The van der Waals surface area contributed by atoms with Gasteiger partial charge in [-0.2, -0.15) is 0 Å². The molecule has 5 aliphatic rings. The number of hydrogen-bond donors (Lipinski definition) is 1. The summed E-state index contributed by atoms with van der Waals surface area (Å²) >= 11 is 1.77. The lowest BCUT2D eigenvalue weighted by Gasteiger charge is -2.55. The van der Waals surface area contributed by atoms with E-state index in [2.05, 4.69) is 27.0 Å². The Morgan fingerprint density at radius 1 is 1.07 bits per heavy atom. The van der Waals surface area contributed by atoms with Crippen LogP contribution in [0.25, 0.3) is 0 Å². The molecule has 5 fully saturated rings. The Kier molecular flexibility index (Phi) is 5.18. The topological polar surface area (TPSA) is 59.8 Å². The number of aromatic nitrogens is 3. The number of carbonyl (C=O) groups excluding carboxylic acids is 1. The number of nitrogens with one attached hydrogen (secondary N) is 1. The first-order valence-electron chi connectivity index (χ1n) is 11.5. The van der Waals surface area contributed by atoms with Gasteiger partial charge in [0.05, 0.1) is 6.54 Å². The molecule has 1 amide bonds. The van der Waals surface area contributed by atoms with Crippen LogP contribution in [-0.4, -0.2) is 26.4 Å². The molecule has 0 saturated heterocycles. The van der Waals surface area contributed by atoms with Crippen LogP contribution in [0.4, 0.5) is 0 Å². The molecule has 28 heavy (non-hydrogen) atoms. The molecule has 0 aliphatic heterocycles. The first-order chi connectivity index (χ1) is 13.7. The van der Waals surface area contributed by atoms with Crippen LogP contribution in [0.2, 0.25) is 0 Å². The molecule has 154 valence electrons. The maximum Gasteiger partial charge on any atom is 0.226 e. The highest BCUT2D eigenvalue weighted by molar-refractivity contribution is 7.99. The highest BCUT2D eigenvalue weighted by Crippen LogP contribution is 2.60. The molecule has 0 radical (unpaired) electrons. The predicted molar refractivity (Wildman–Crippen MR) is 111 cm³/mol. The molecule has 1 N–H and O–H groups in total. The van der Waals surface area contributed by atoms with E-state index >= 15 is 0 Å². The number of nitrogens with zero attached hydrogens (tertiary/aromatic N) is 3. The lowest BCUT2D eigenvalue weighted by molar-refractivity contribution is -0.146. The Hall–Kier alpha value is -1.04. The van der Waals surface area contributed by atoms with E-state index in [0.29, 0.717) is 18.5 Å². The van der Waals surface area contributed by atoms with Crippen molar-refractivity contribution in [2.24, 2.45) is 23.2 Å². The van der Waals surface area contributed by atoms with Gasteiger partial charge in [-0.3, -0.25) is 4.79 Å². The molecule has 1 heterocycles. The van der Waals surface area contributed by atoms with Crippen LogP contribution in [0, 0.1) is 23.2 Å². The molecule has 4 bridgehead atoms. The number of carbonyl (C=O) groups is 1. The van der Waals surface area contributed by atoms with Crippen LogP contribution in [-0.2, 0) is 11.3 Å². The summed E-state index contributed by atoms with van der Waals surface area (Å²) in [6.07, 6.45) is 13.8. The molecule has 5 saturated carbocycles. The van der Waals surface area contributed by atoms with Crippen molar-refractivity contribution in [2.45, 2.75) is 95.3 Å². The Labute approximate surface area is 172 Å². The summed E-state index contributed by atoms with van der Waals surface area (Å²) in [5, 5.41) is 13.3. The summed E-state index contributed by atoms with van der Waals surface area (Å²) in [5.41, 5.74) is -0.0779. The van der Waals surface area contributed by atoms with Gasteiger partial charge in [-0.1, -0.05) is 37.9 Å². The third-order valence-corrected chi connectivity index (χ3v) is 8.70. The van der Waals surface area contributed by atoms with E-state index in [1.54, 1.807) is 11.8 Å². The monoisotopic (exact) mass is 402 g/mol. The van der Waals surface area contributed by atoms with Crippen molar-refractivity contribution in [3.63, 3.8) is 0 Å². The Morgan fingerprint density at radius 3 is 2.32 bits per heavy atom. The summed E-state index contributed by atoms with van der Waals surface area (Å²) < 4.78 is 2.35. The second kappa shape index (κ2) is 7.66. The number of hydrogen-bond acceptors (Lipinski definition) is 4. The molecule has 1 aromatic heterocycles. The van der Waals surface area contributed by atoms with Gasteiger partial charge in [0, 0.05) is 11.5 Å². The highest BCUT2D eigenvalue weighted by atomic mass is 32.2. The van der Waals surface area contributed by atoms with Crippen molar-refractivity contribution in [1.82, 2.24) is 20.1 Å². The van der Waals surface area contributed by atoms with Gasteiger partial charge in [0.2, 0.25) is 5.91 Å². The number of rotatable bonds is 6. The zero-order valence-corrected chi connectivity index (χ0v) is 18.0. The quantitative estimate of drug-likeness (QED) is 0.699. The van der Waals surface area contributed by atoms with Crippen molar-refractivity contribution >= 4 is 17.7 Å². The van der Waals surface area contributed by atoms with Crippen LogP contribution < -0.4 is 5.32 Å². The molecule has 6 rings (SSSR count). The van der Waals surface area contributed by atoms with Gasteiger partial charge in [0.25, 0.3) is 0 Å². The fourth-order valence-electron chi connectivity index (χ4n) is 7.10. The summed E-state index contributed by atoms with van der Waals surface area (Å²) in [6, 6.07) is 0.504. The molecular formula is C22H34N4OS. The van der Waals surface area contributed by atoms with Gasteiger partial charge in [-0.05, 0) is 74.9 Å². The van der Waals surface area contributed by atoms with E-state index in [1.807, 2.05) is 0 Å². The molecule has 0 spiro atoms. The maximum atomic E-state index is 13.3. The van der Waals surface area contributed by atoms with E-state index in [-0.39, 0.29) is 5.41 Å². The third kappa shape index (κ3) is 3.40. The summed E-state index contributed by atoms with van der Waals surface area (Å²) in [7, 11) is 0. The fourth-order valence-corrected chi connectivity index (χ4v) is 7.85. The van der Waals surface area contributed by atoms with E-state index in [4.69, 9.17) is 0 Å².